The molecule has 202 valence electrons. The third-order valence-corrected chi connectivity index (χ3v) is 9.34. The van der Waals surface area contributed by atoms with Crippen LogP contribution in [-0.2, 0) is 4.79 Å². The molecule has 0 aliphatic carbocycles. The van der Waals surface area contributed by atoms with Crippen molar-refractivity contribution in [3.05, 3.63) is 54.1 Å². The number of hydrogen-bond acceptors (Lipinski definition) is 6. The van der Waals surface area contributed by atoms with Gasteiger partial charge in [-0.3, -0.25) is 14.6 Å². The Balaban J connectivity index is 1.15. The Kier molecular flexibility index (Phi) is 7.82. The van der Waals surface area contributed by atoms with Gasteiger partial charge in [0.1, 0.15) is 11.4 Å². The second-order valence-corrected chi connectivity index (χ2v) is 12.2. The molecule has 3 amide bonds. The van der Waals surface area contributed by atoms with Crippen LogP contribution in [0.5, 0.6) is 0 Å². The fourth-order valence-electron chi connectivity index (χ4n) is 5.96. The number of carbonyl (C=O) groups excluding carboxylic acids is 2. The second kappa shape index (κ2) is 11.1. The van der Waals surface area contributed by atoms with E-state index in [0.29, 0.717) is 6.54 Å². The molecule has 2 aromatic carbocycles. The van der Waals surface area contributed by atoms with Crippen molar-refractivity contribution >= 4 is 35.2 Å². The van der Waals surface area contributed by atoms with Crippen LogP contribution in [0.1, 0.15) is 46.1 Å². The Bertz CT molecular complexity index is 1210. The number of nitrogens with one attached hydrogen (secondary N) is 1. The van der Waals surface area contributed by atoms with Gasteiger partial charge in [0, 0.05) is 48.1 Å². The minimum absolute atomic E-state index is 0.0531. The zero-order chi connectivity index (χ0) is 26.9. The molecule has 0 atom stereocenters. The quantitative estimate of drug-likeness (QED) is 0.390. The highest BCUT2D eigenvalue weighted by atomic mass is 32.2. The van der Waals surface area contributed by atoms with E-state index in [9.17, 15) is 9.59 Å². The molecular formula is C30H39N5O2S. The first-order valence-corrected chi connectivity index (χ1v) is 14.7. The summed E-state index contributed by atoms with van der Waals surface area (Å²) in [4.78, 5) is 39.8. The van der Waals surface area contributed by atoms with Crippen molar-refractivity contribution in [1.82, 2.24) is 20.0 Å². The molecule has 3 aliphatic rings. The van der Waals surface area contributed by atoms with Gasteiger partial charge in [-0.05, 0) is 49.4 Å². The molecule has 2 saturated heterocycles. The lowest BCUT2D eigenvalue weighted by atomic mass is 9.77. The van der Waals surface area contributed by atoms with Gasteiger partial charge in [0.2, 0.25) is 0 Å². The SMILES string of the molecule is CC(C)C1(C(C)C)NC(=O)N(CCCCN2CCN(C3=Nc4ccccc4Sc4ccccc43)CC2)C1=O. The van der Waals surface area contributed by atoms with E-state index in [0.717, 1.165) is 57.1 Å². The number of carbonyl (C=O) groups is 2. The first-order valence-electron chi connectivity index (χ1n) is 13.9. The highest BCUT2D eigenvalue weighted by Gasteiger charge is 2.54. The van der Waals surface area contributed by atoms with E-state index in [2.05, 4.69) is 63.6 Å². The van der Waals surface area contributed by atoms with Crippen LogP contribution in [0.15, 0.2) is 63.3 Å². The number of amidine groups is 1. The van der Waals surface area contributed by atoms with E-state index < -0.39 is 5.54 Å². The smallest absolute Gasteiger partial charge is 0.325 e. The summed E-state index contributed by atoms with van der Waals surface area (Å²) in [6, 6.07) is 16.7. The number of fused-ring (bicyclic) bond motifs is 2. The lowest BCUT2D eigenvalue weighted by Gasteiger charge is -2.36. The summed E-state index contributed by atoms with van der Waals surface area (Å²) in [6.07, 6.45) is 1.78. The predicted molar refractivity (Wildman–Crippen MR) is 153 cm³/mol. The number of unbranched alkanes of at least 4 members (excludes halogenated alkanes) is 1. The van der Waals surface area contributed by atoms with Crippen LogP contribution in [0.25, 0.3) is 0 Å². The molecule has 5 rings (SSSR count). The van der Waals surface area contributed by atoms with Crippen LogP contribution < -0.4 is 5.32 Å². The van der Waals surface area contributed by atoms with E-state index in [1.807, 2.05) is 27.7 Å². The number of nitrogens with zero attached hydrogens (tertiary/aromatic N) is 4. The maximum absolute atomic E-state index is 13.2. The molecule has 8 heteroatoms. The second-order valence-electron chi connectivity index (χ2n) is 11.1. The lowest BCUT2D eigenvalue weighted by molar-refractivity contribution is -0.134. The number of para-hydroxylation sites is 1. The van der Waals surface area contributed by atoms with Crippen molar-refractivity contribution < 1.29 is 9.59 Å². The molecule has 2 fully saturated rings. The number of urea groups is 1. The summed E-state index contributed by atoms with van der Waals surface area (Å²) < 4.78 is 0. The molecule has 0 saturated carbocycles. The Morgan fingerprint density at radius 1 is 0.868 bits per heavy atom. The average molecular weight is 534 g/mol. The fourth-order valence-corrected chi connectivity index (χ4v) is 6.98. The van der Waals surface area contributed by atoms with Crippen molar-refractivity contribution in [2.75, 3.05) is 39.3 Å². The summed E-state index contributed by atoms with van der Waals surface area (Å²) in [5.41, 5.74) is 1.45. The summed E-state index contributed by atoms with van der Waals surface area (Å²) in [6.45, 7) is 13.3. The zero-order valence-corrected chi connectivity index (χ0v) is 23.8. The molecule has 3 heterocycles. The fraction of sp³-hybridized carbons (Fsp3) is 0.500. The van der Waals surface area contributed by atoms with Crippen LogP contribution in [0.3, 0.4) is 0 Å². The van der Waals surface area contributed by atoms with E-state index in [1.165, 1.54) is 20.3 Å². The van der Waals surface area contributed by atoms with Gasteiger partial charge in [-0.1, -0.05) is 69.8 Å². The van der Waals surface area contributed by atoms with Crippen molar-refractivity contribution in [2.24, 2.45) is 16.8 Å². The zero-order valence-electron chi connectivity index (χ0n) is 22.9. The molecule has 7 nitrogen and oxygen atoms in total. The standard InChI is InChI=1S/C30H39N5O2S/c1-21(2)30(22(3)4)28(36)35(29(37)32-30)16-10-9-15-33-17-19-34(20-18-33)27-23-11-5-7-13-25(23)38-26-14-8-6-12-24(26)31-27/h5-8,11-14,21-22H,9-10,15-20H2,1-4H3,(H,32,37). The van der Waals surface area contributed by atoms with E-state index in [1.54, 1.807) is 11.8 Å². The van der Waals surface area contributed by atoms with E-state index in [-0.39, 0.29) is 23.8 Å². The van der Waals surface area contributed by atoms with Crippen LogP contribution in [0.4, 0.5) is 10.5 Å². The molecule has 3 aliphatic heterocycles. The average Bonchev–Trinajstić information content (AvgIpc) is 3.06. The molecule has 0 spiro atoms. The first-order chi connectivity index (χ1) is 18.3. The van der Waals surface area contributed by atoms with Gasteiger partial charge in [-0.2, -0.15) is 0 Å². The van der Waals surface area contributed by atoms with Crippen LogP contribution >= 0.6 is 11.8 Å². The molecule has 0 bridgehead atoms. The van der Waals surface area contributed by atoms with Gasteiger partial charge in [0.05, 0.1) is 5.69 Å². The van der Waals surface area contributed by atoms with Gasteiger partial charge in [0.15, 0.2) is 0 Å². The van der Waals surface area contributed by atoms with Gasteiger partial charge >= 0.3 is 6.03 Å². The number of piperazine rings is 1. The van der Waals surface area contributed by atoms with Crippen molar-refractivity contribution in [3.63, 3.8) is 0 Å². The minimum Gasteiger partial charge on any atom is -0.354 e. The summed E-state index contributed by atoms with van der Waals surface area (Å²) in [5, 5.41) is 3.02. The third-order valence-electron chi connectivity index (χ3n) is 8.20. The van der Waals surface area contributed by atoms with Crippen LogP contribution in [0.2, 0.25) is 0 Å². The summed E-state index contributed by atoms with van der Waals surface area (Å²) in [5.74, 6) is 1.11. The maximum Gasteiger partial charge on any atom is 0.325 e. The Labute approximate surface area is 230 Å². The molecule has 0 aromatic heterocycles. The largest absolute Gasteiger partial charge is 0.354 e. The molecule has 38 heavy (non-hydrogen) atoms. The summed E-state index contributed by atoms with van der Waals surface area (Å²) >= 11 is 1.79. The van der Waals surface area contributed by atoms with Crippen molar-refractivity contribution in [1.29, 1.82) is 0 Å². The normalized spacial score (nSPS) is 19.4. The number of rotatable bonds is 7. The van der Waals surface area contributed by atoms with E-state index >= 15 is 0 Å². The van der Waals surface area contributed by atoms with Crippen molar-refractivity contribution in [2.45, 2.75) is 55.9 Å². The third kappa shape index (κ3) is 4.96. The predicted octanol–water partition coefficient (Wildman–Crippen LogP) is 5.23. The first kappa shape index (κ1) is 26.8. The highest BCUT2D eigenvalue weighted by Crippen LogP contribution is 2.40. The van der Waals surface area contributed by atoms with Gasteiger partial charge in [0.25, 0.3) is 5.91 Å². The number of imide groups is 1. The van der Waals surface area contributed by atoms with E-state index in [4.69, 9.17) is 4.99 Å². The highest BCUT2D eigenvalue weighted by molar-refractivity contribution is 7.99. The Morgan fingerprint density at radius 2 is 1.50 bits per heavy atom. The van der Waals surface area contributed by atoms with Crippen LogP contribution in [0, 0.1) is 11.8 Å². The van der Waals surface area contributed by atoms with Gasteiger partial charge < -0.3 is 10.2 Å². The number of amides is 3. The lowest BCUT2D eigenvalue weighted by Crippen LogP contribution is -2.55. The van der Waals surface area contributed by atoms with Crippen molar-refractivity contribution in [3.8, 4) is 0 Å². The molecule has 0 unspecified atom stereocenters. The number of benzene rings is 2. The Morgan fingerprint density at radius 3 is 2.18 bits per heavy atom. The topological polar surface area (TPSA) is 68.2 Å². The van der Waals surface area contributed by atoms with Crippen LogP contribution in [-0.4, -0.2) is 77.3 Å². The number of aliphatic imine (C=N–C) groups is 1. The Hall–Kier alpha value is -2.84. The van der Waals surface area contributed by atoms with Gasteiger partial charge in [-0.15, -0.1) is 0 Å². The summed E-state index contributed by atoms with van der Waals surface area (Å²) in [7, 11) is 0. The molecule has 1 N–H and O–H groups in total. The van der Waals surface area contributed by atoms with Gasteiger partial charge in [-0.25, -0.2) is 9.79 Å². The molecule has 0 radical (unpaired) electrons. The maximum atomic E-state index is 13.2. The monoisotopic (exact) mass is 533 g/mol. The minimum atomic E-state index is -0.786. The molecular weight excluding hydrogens is 494 g/mol. The number of hydrogen-bond donors (Lipinski definition) is 1. The molecule has 2 aromatic rings.